The largest absolute Gasteiger partial charge is 0.390 e. The van der Waals surface area contributed by atoms with Gasteiger partial charge < -0.3 is 10.8 Å². The van der Waals surface area contributed by atoms with Crippen LogP contribution in [0.1, 0.15) is 21.7 Å². The Balaban J connectivity index is 3.15. The molecule has 1 amide bonds. The van der Waals surface area contributed by atoms with E-state index in [4.69, 9.17) is 10.8 Å². The second-order valence-corrected chi connectivity index (χ2v) is 2.54. The molecule has 0 fully saturated rings. The van der Waals surface area contributed by atoms with Crippen LogP contribution in [0.4, 0.5) is 0 Å². The molecular weight excluding hydrogens is 156 g/mol. The number of primary amides is 1. The SMILES string of the molecule is Cc1cc(CO)nc(C(N)=O)c1. The van der Waals surface area contributed by atoms with Crippen molar-refractivity contribution in [1.29, 1.82) is 0 Å². The van der Waals surface area contributed by atoms with Gasteiger partial charge in [0.05, 0.1) is 12.3 Å². The maximum atomic E-state index is 10.7. The number of carbonyl (C=O) groups excluding carboxylic acids is 1. The Kier molecular flexibility index (Phi) is 2.40. The molecule has 0 unspecified atom stereocenters. The first-order valence-electron chi connectivity index (χ1n) is 3.51. The molecule has 0 aliphatic heterocycles. The highest BCUT2D eigenvalue weighted by molar-refractivity contribution is 5.90. The minimum Gasteiger partial charge on any atom is -0.390 e. The maximum Gasteiger partial charge on any atom is 0.267 e. The number of aliphatic hydroxyl groups is 1. The van der Waals surface area contributed by atoms with Crippen molar-refractivity contribution in [3.63, 3.8) is 0 Å². The second kappa shape index (κ2) is 3.32. The molecule has 0 aliphatic rings. The first-order chi connectivity index (χ1) is 5.63. The molecule has 0 aliphatic carbocycles. The van der Waals surface area contributed by atoms with Gasteiger partial charge in [-0.3, -0.25) is 4.79 Å². The summed E-state index contributed by atoms with van der Waals surface area (Å²) in [5, 5.41) is 8.75. The first-order valence-corrected chi connectivity index (χ1v) is 3.51. The number of rotatable bonds is 2. The summed E-state index contributed by atoms with van der Waals surface area (Å²) in [5.41, 5.74) is 6.54. The predicted octanol–water partition coefficient (Wildman–Crippen LogP) is -0.0188. The molecule has 0 spiro atoms. The molecule has 4 heteroatoms. The minimum atomic E-state index is -0.576. The topological polar surface area (TPSA) is 76.2 Å². The van der Waals surface area contributed by atoms with Gasteiger partial charge in [-0.2, -0.15) is 0 Å². The Hall–Kier alpha value is -1.42. The lowest BCUT2D eigenvalue weighted by molar-refractivity contribution is 0.0995. The van der Waals surface area contributed by atoms with Gasteiger partial charge in [0.15, 0.2) is 0 Å². The van der Waals surface area contributed by atoms with E-state index in [0.717, 1.165) is 5.56 Å². The molecule has 0 bridgehead atoms. The average Bonchev–Trinajstić information content (AvgIpc) is 2.03. The zero-order valence-electron chi connectivity index (χ0n) is 6.74. The fourth-order valence-electron chi connectivity index (χ4n) is 0.947. The lowest BCUT2D eigenvalue weighted by Gasteiger charge is -2.00. The number of nitrogens with zero attached hydrogens (tertiary/aromatic N) is 1. The van der Waals surface area contributed by atoms with Crippen molar-refractivity contribution in [3.8, 4) is 0 Å². The Morgan fingerprint density at radius 1 is 1.67 bits per heavy atom. The Morgan fingerprint density at radius 2 is 2.33 bits per heavy atom. The van der Waals surface area contributed by atoms with Crippen LogP contribution in [0.25, 0.3) is 0 Å². The lowest BCUT2D eigenvalue weighted by Crippen LogP contribution is -2.14. The van der Waals surface area contributed by atoms with Gasteiger partial charge >= 0.3 is 0 Å². The highest BCUT2D eigenvalue weighted by atomic mass is 16.3. The van der Waals surface area contributed by atoms with Crippen molar-refractivity contribution in [2.45, 2.75) is 13.5 Å². The molecule has 1 aromatic rings. The Bertz CT molecular complexity index is 310. The predicted molar refractivity (Wildman–Crippen MR) is 43.4 cm³/mol. The highest BCUT2D eigenvalue weighted by Gasteiger charge is 2.03. The fraction of sp³-hybridized carbons (Fsp3) is 0.250. The van der Waals surface area contributed by atoms with Crippen LogP contribution < -0.4 is 5.73 Å². The molecule has 3 N–H and O–H groups in total. The monoisotopic (exact) mass is 166 g/mol. The Labute approximate surface area is 70.0 Å². The van der Waals surface area contributed by atoms with Crippen molar-refractivity contribution < 1.29 is 9.90 Å². The summed E-state index contributed by atoms with van der Waals surface area (Å²) in [5.74, 6) is -0.576. The quantitative estimate of drug-likeness (QED) is 0.648. The van der Waals surface area contributed by atoms with E-state index >= 15 is 0 Å². The summed E-state index contributed by atoms with van der Waals surface area (Å²) < 4.78 is 0. The summed E-state index contributed by atoms with van der Waals surface area (Å²) in [4.78, 5) is 14.5. The van der Waals surface area contributed by atoms with Crippen LogP contribution in [0.15, 0.2) is 12.1 Å². The molecule has 4 nitrogen and oxygen atoms in total. The average molecular weight is 166 g/mol. The molecule has 0 saturated carbocycles. The number of carbonyl (C=O) groups is 1. The van der Waals surface area contributed by atoms with Gasteiger partial charge in [-0.15, -0.1) is 0 Å². The van der Waals surface area contributed by atoms with Crippen LogP contribution in [0, 0.1) is 6.92 Å². The Morgan fingerprint density at radius 3 is 2.83 bits per heavy atom. The number of amides is 1. The van der Waals surface area contributed by atoms with Crippen molar-refractivity contribution in [1.82, 2.24) is 4.98 Å². The lowest BCUT2D eigenvalue weighted by atomic mass is 10.2. The third-order valence-electron chi connectivity index (χ3n) is 1.44. The van der Waals surface area contributed by atoms with Crippen LogP contribution in [-0.2, 0) is 6.61 Å². The summed E-state index contributed by atoms with van der Waals surface area (Å²) in [6.45, 7) is 1.63. The van der Waals surface area contributed by atoms with Crippen LogP contribution in [0.2, 0.25) is 0 Å². The number of aromatic nitrogens is 1. The third-order valence-corrected chi connectivity index (χ3v) is 1.44. The number of nitrogens with two attached hydrogens (primary N) is 1. The van der Waals surface area contributed by atoms with Crippen LogP contribution >= 0.6 is 0 Å². The molecule has 64 valence electrons. The van der Waals surface area contributed by atoms with Crippen molar-refractivity contribution >= 4 is 5.91 Å². The van der Waals surface area contributed by atoms with Crippen LogP contribution in [-0.4, -0.2) is 16.0 Å². The molecule has 1 aromatic heterocycles. The van der Waals surface area contributed by atoms with E-state index in [1.54, 1.807) is 12.1 Å². The third kappa shape index (κ3) is 1.79. The van der Waals surface area contributed by atoms with Gasteiger partial charge in [-0.25, -0.2) is 4.98 Å². The number of hydrogen-bond donors (Lipinski definition) is 2. The smallest absolute Gasteiger partial charge is 0.267 e. The van der Waals surface area contributed by atoms with Gasteiger partial charge in [0.1, 0.15) is 5.69 Å². The molecule has 12 heavy (non-hydrogen) atoms. The second-order valence-electron chi connectivity index (χ2n) is 2.54. The van der Waals surface area contributed by atoms with Crippen LogP contribution in [0.3, 0.4) is 0 Å². The van der Waals surface area contributed by atoms with Crippen LogP contribution in [0.5, 0.6) is 0 Å². The van der Waals surface area contributed by atoms with E-state index in [2.05, 4.69) is 4.98 Å². The normalized spacial score (nSPS) is 9.83. The minimum absolute atomic E-state index is 0.179. The van der Waals surface area contributed by atoms with Gasteiger partial charge in [-0.1, -0.05) is 0 Å². The van der Waals surface area contributed by atoms with Crippen molar-refractivity contribution in [3.05, 3.63) is 29.1 Å². The molecule has 1 heterocycles. The summed E-state index contributed by atoms with van der Waals surface area (Å²) >= 11 is 0. The fourth-order valence-corrected chi connectivity index (χ4v) is 0.947. The van der Waals surface area contributed by atoms with E-state index in [1.807, 2.05) is 6.92 Å². The summed E-state index contributed by atoms with van der Waals surface area (Å²) in [6, 6.07) is 3.29. The number of hydrogen-bond acceptors (Lipinski definition) is 3. The molecule has 0 saturated heterocycles. The van der Waals surface area contributed by atoms with E-state index in [-0.39, 0.29) is 12.3 Å². The van der Waals surface area contributed by atoms with Gasteiger partial charge in [-0.05, 0) is 24.6 Å². The van der Waals surface area contributed by atoms with E-state index in [9.17, 15) is 4.79 Å². The van der Waals surface area contributed by atoms with Gasteiger partial charge in [0.2, 0.25) is 0 Å². The summed E-state index contributed by atoms with van der Waals surface area (Å²) in [6.07, 6.45) is 0. The number of aliphatic hydroxyl groups excluding tert-OH is 1. The maximum absolute atomic E-state index is 10.7. The van der Waals surface area contributed by atoms with Gasteiger partial charge in [0.25, 0.3) is 5.91 Å². The highest BCUT2D eigenvalue weighted by Crippen LogP contribution is 2.04. The van der Waals surface area contributed by atoms with Crippen molar-refractivity contribution in [2.24, 2.45) is 5.73 Å². The van der Waals surface area contributed by atoms with E-state index < -0.39 is 5.91 Å². The van der Waals surface area contributed by atoms with E-state index in [1.165, 1.54) is 0 Å². The standard InChI is InChI=1S/C8H10N2O2/c1-5-2-6(4-11)10-7(3-5)8(9)12/h2-3,11H,4H2,1H3,(H2,9,12). The number of pyridine rings is 1. The summed E-state index contributed by atoms with van der Waals surface area (Å²) in [7, 11) is 0. The number of aryl methyl sites for hydroxylation is 1. The molecular formula is C8H10N2O2. The zero-order chi connectivity index (χ0) is 9.14. The first kappa shape index (κ1) is 8.67. The molecule has 0 atom stereocenters. The molecule has 0 radical (unpaired) electrons. The molecule has 1 rings (SSSR count). The molecule has 0 aromatic carbocycles. The zero-order valence-corrected chi connectivity index (χ0v) is 6.74. The van der Waals surface area contributed by atoms with Gasteiger partial charge in [0, 0.05) is 0 Å². The van der Waals surface area contributed by atoms with E-state index in [0.29, 0.717) is 5.69 Å². The van der Waals surface area contributed by atoms with Crippen molar-refractivity contribution in [2.75, 3.05) is 0 Å².